The number of halogens is 1. The summed E-state index contributed by atoms with van der Waals surface area (Å²) in [5, 5.41) is 2.18. The molecule has 0 radical (unpaired) electrons. The van der Waals surface area contributed by atoms with E-state index in [9.17, 15) is 19.2 Å². The summed E-state index contributed by atoms with van der Waals surface area (Å²) in [6.45, 7) is 8.03. The Bertz CT molecular complexity index is 1210. The fourth-order valence-corrected chi connectivity index (χ4v) is 4.02. The zero-order valence-corrected chi connectivity index (χ0v) is 21.3. The maximum atomic E-state index is 13.2. The Morgan fingerprint density at radius 3 is 2.43 bits per heavy atom. The number of carbonyl (C=O) groups excluding carboxylic acids is 4. The van der Waals surface area contributed by atoms with Crippen molar-refractivity contribution in [1.29, 1.82) is 0 Å². The quantitative estimate of drug-likeness (QED) is 0.154. The fourth-order valence-electron chi connectivity index (χ4n) is 3.24. The van der Waals surface area contributed by atoms with Crippen LogP contribution in [0.3, 0.4) is 0 Å². The van der Waals surface area contributed by atoms with E-state index in [1.54, 1.807) is 25.1 Å². The third kappa shape index (κ3) is 5.88. The molecule has 0 bridgehead atoms. The van der Waals surface area contributed by atoms with Crippen molar-refractivity contribution in [2.24, 2.45) is 0 Å². The molecule has 1 fully saturated rings. The van der Waals surface area contributed by atoms with Crippen molar-refractivity contribution in [1.82, 2.24) is 5.32 Å². The van der Waals surface area contributed by atoms with Crippen LogP contribution in [0.2, 0.25) is 0 Å². The number of benzene rings is 2. The molecule has 2 aromatic carbocycles. The van der Waals surface area contributed by atoms with E-state index in [-0.39, 0.29) is 30.0 Å². The zero-order chi connectivity index (χ0) is 25.5. The monoisotopic (exact) mass is 590 g/mol. The highest BCUT2D eigenvalue weighted by Crippen LogP contribution is 2.35. The van der Waals surface area contributed by atoms with Crippen LogP contribution in [0.15, 0.2) is 54.6 Å². The Labute approximate surface area is 215 Å². The fraction of sp³-hybridized carbons (Fsp3) is 0.200. The number of hydrogen-bond acceptors (Lipinski definition) is 7. The van der Waals surface area contributed by atoms with Crippen molar-refractivity contribution in [2.75, 3.05) is 24.7 Å². The van der Waals surface area contributed by atoms with E-state index in [1.165, 1.54) is 30.3 Å². The van der Waals surface area contributed by atoms with E-state index >= 15 is 0 Å². The predicted octanol–water partition coefficient (Wildman–Crippen LogP) is 4.10. The van der Waals surface area contributed by atoms with Crippen molar-refractivity contribution in [3.05, 3.63) is 69.3 Å². The summed E-state index contributed by atoms with van der Waals surface area (Å²) < 4.78 is 17.0. The summed E-state index contributed by atoms with van der Waals surface area (Å²) in [6, 6.07) is 8.21. The van der Waals surface area contributed by atoms with Gasteiger partial charge in [0.15, 0.2) is 11.5 Å². The summed E-state index contributed by atoms with van der Waals surface area (Å²) >= 11 is 2.07. The summed E-state index contributed by atoms with van der Waals surface area (Å²) in [7, 11) is 0. The van der Waals surface area contributed by atoms with Gasteiger partial charge in [0.25, 0.3) is 11.8 Å². The van der Waals surface area contributed by atoms with Crippen LogP contribution < -0.4 is 19.7 Å². The van der Waals surface area contributed by atoms with Crippen molar-refractivity contribution >= 4 is 58.2 Å². The molecule has 3 rings (SSSR count). The highest BCUT2D eigenvalue weighted by Gasteiger charge is 2.37. The van der Waals surface area contributed by atoms with E-state index in [2.05, 4.69) is 34.5 Å². The van der Waals surface area contributed by atoms with Crippen molar-refractivity contribution in [2.45, 2.75) is 13.8 Å². The molecular weight excluding hydrogens is 567 g/mol. The van der Waals surface area contributed by atoms with Gasteiger partial charge in [-0.3, -0.25) is 14.9 Å². The number of carbonyl (C=O) groups is 4. The molecule has 10 heteroatoms. The molecule has 0 aromatic heterocycles. The molecule has 0 atom stereocenters. The molecule has 1 heterocycles. The number of barbiturate groups is 1. The molecular formula is C25H23IN2O7. The van der Waals surface area contributed by atoms with Crippen molar-refractivity contribution in [3.63, 3.8) is 0 Å². The summed E-state index contributed by atoms with van der Waals surface area (Å²) in [6.07, 6.45) is 2.99. The first kappa shape index (κ1) is 25.9. The molecule has 0 saturated carbocycles. The summed E-state index contributed by atoms with van der Waals surface area (Å²) in [4.78, 5) is 50.9. The van der Waals surface area contributed by atoms with E-state index in [4.69, 9.17) is 14.2 Å². The number of esters is 1. The highest BCUT2D eigenvalue weighted by atomic mass is 127. The Hall–Kier alpha value is -3.67. The molecule has 1 aliphatic rings. The minimum absolute atomic E-state index is 0.191. The van der Waals surface area contributed by atoms with Gasteiger partial charge in [0.1, 0.15) is 12.2 Å². The van der Waals surface area contributed by atoms with Gasteiger partial charge in [-0.1, -0.05) is 12.7 Å². The average molecular weight is 590 g/mol. The van der Waals surface area contributed by atoms with Crippen LogP contribution in [0.25, 0.3) is 6.08 Å². The van der Waals surface area contributed by atoms with Crippen LogP contribution in [0.1, 0.15) is 29.8 Å². The first-order valence-corrected chi connectivity index (χ1v) is 11.8. The molecule has 0 aliphatic carbocycles. The lowest BCUT2D eigenvalue weighted by Gasteiger charge is -2.26. The zero-order valence-electron chi connectivity index (χ0n) is 19.1. The maximum Gasteiger partial charge on any atom is 0.338 e. The Morgan fingerprint density at radius 2 is 1.80 bits per heavy atom. The lowest BCUT2D eigenvalue weighted by atomic mass is 10.1. The highest BCUT2D eigenvalue weighted by molar-refractivity contribution is 14.1. The van der Waals surface area contributed by atoms with Crippen LogP contribution in [0.5, 0.6) is 11.5 Å². The van der Waals surface area contributed by atoms with Crippen LogP contribution in [-0.2, 0) is 14.3 Å². The van der Waals surface area contributed by atoms with Gasteiger partial charge in [0, 0.05) is 0 Å². The number of ether oxygens (including phenoxy) is 3. The molecule has 4 amide bonds. The number of hydrogen-bond donors (Lipinski definition) is 1. The van der Waals surface area contributed by atoms with Gasteiger partial charge >= 0.3 is 12.0 Å². The van der Waals surface area contributed by atoms with Crippen LogP contribution in [0.4, 0.5) is 10.5 Å². The van der Waals surface area contributed by atoms with E-state index in [0.29, 0.717) is 27.2 Å². The molecule has 35 heavy (non-hydrogen) atoms. The second-order valence-corrected chi connectivity index (χ2v) is 8.25. The molecule has 1 aliphatic heterocycles. The lowest BCUT2D eigenvalue weighted by molar-refractivity contribution is -0.122. The second-order valence-electron chi connectivity index (χ2n) is 7.09. The van der Waals surface area contributed by atoms with Gasteiger partial charge in [0.2, 0.25) is 0 Å². The number of urea groups is 1. The molecule has 182 valence electrons. The van der Waals surface area contributed by atoms with Crippen molar-refractivity contribution in [3.8, 4) is 11.5 Å². The predicted molar refractivity (Wildman–Crippen MR) is 137 cm³/mol. The number of rotatable bonds is 9. The Kier molecular flexibility index (Phi) is 8.63. The van der Waals surface area contributed by atoms with Gasteiger partial charge < -0.3 is 14.2 Å². The number of anilines is 1. The molecule has 0 spiro atoms. The first-order valence-electron chi connectivity index (χ1n) is 10.7. The summed E-state index contributed by atoms with van der Waals surface area (Å²) in [5.41, 5.74) is 0.729. The van der Waals surface area contributed by atoms with Crippen LogP contribution >= 0.6 is 22.6 Å². The third-order valence-corrected chi connectivity index (χ3v) is 5.53. The number of amides is 4. The number of imide groups is 2. The van der Waals surface area contributed by atoms with Crippen LogP contribution in [-0.4, -0.2) is 43.6 Å². The topological polar surface area (TPSA) is 111 Å². The van der Waals surface area contributed by atoms with Gasteiger partial charge in [-0.25, -0.2) is 14.5 Å². The first-order chi connectivity index (χ1) is 16.8. The molecule has 1 N–H and O–H groups in total. The number of nitrogens with zero attached hydrogens (tertiary/aromatic N) is 1. The minimum atomic E-state index is -0.890. The number of nitrogens with one attached hydrogen (secondary N) is 1. The second kappa shape index (κ2) is 11.6. The van der Waals surface area contributed by atoms with Gasteiger partial charge in [-0.2, -0.15) is 0 Å². The van der Waals surface area contributed by atoms with Crippen molar-refractivity contribution < 1.29 is 33.4 Å². The average Bonchev–Trinajstić information content (AvgIpc) is 2.82. The molecule has 0 unspecified atom stereocenters. The van der Waals surface area contributed by atoms with E-state index in [0.717, 1.165) is 4.90 Å². The van der Waals surface area contributed by atoms with Crippen LogP contribution in [0, 0.1) is 3.57 Å². The minimum Gasteiger partial charge on any atom is -0.490 e. The van der Waals surface area contributed by atoms with Gasteiger partial charge in [0.05, 0.1) is 28.0 Å². The smallest absolute Gasteiger partial charge is 0.338 e. The standard InChI is InChI=1S/C25H23IN2O7/c1-4-11-35-21-19(26)13-15(14-20(21)33-5-2)12-18-22(29)27-25(32)28(23(18)30)17-9-7-16(8-10-17)24(31)34-6-3/h4,7-10,12-14H,1,5-6,11H2,2-3H3,(H,27,29,32)/b18-12+. The third-order valence-electron chi connectivity index (χ3n) is 4.73. The lowest BCUT2D eigenvalue weighted by Crippen LogP contribution is -2.54. The van der Waals surface area contributed by atoms with Gasteiger partial charge in [-0.05, 0) is 84.5 Å². The molecule has 1 saturated heterocycles. The maximum absolute atomic E-state index is 13.2. The molecule has 9 nitrogen and oxygen atoms in total. The Balaban J connectivity index is 1.96. The Morgan fingerprint density at radius 1 is 1.09 bits per heavy atom. The molecule has 2 aromatic rings. The SMILES string of the molecule is C=CCOc1c(I)cc(/C=C2\C(=O)NC(=O)N(c3ccc(C(=O)OCC)cc3)C2=O)cc1OCC. The van der Waals surface area contributed by atoms with E-state index in [1.807, 2.05) is 6.92 Å². The normalized spacial score (nSPS) is 14.5. The largest absolute Gasteiger partial charge is 0.490 e. The van der Waals surface area contributed by atoms with E-state index < -0.39 is 23.8 Å². The summed E-state index contributed by atoms with van der Waals surface area (Å²) in [5.74, 6) is -1.18. The van der Waals surface area contributed by atoms with Gasteiger partial charge in [-0.15, -0.1) is 0 Å².